The fourth-order valence-corrected chi connectivity index (χ4v) is 3.75. The zero-order chi connectivity index (χ0) is 31.1. The molecule has 0 saturated carbocycles. The van der Waals surface area contributed by atoms with Crippen molar-refractivity contribution in [1.29, 1.82) is 0 Å². The SMILES string of the molecule is CC.CN(/N=N\NC=O)c1c(-c2ccc(OC(F)F)cc2)cc(-c2ccc(OCCCCCC(F)(F)F)cc2)[nH]c1=O. The summed E-state index contributed by atoms with van der Waals surface area (Å²) in [4.78, 5) is 26.4. The van der Waals surface area contributed by atoms with Crippen molar-refractivity contribution in [3.63, 3.8) is 0 Å². The standard InChI is InChI=1S/C26H26F5N5O4.C2H6/c1-36(35-34-32-16-37)23-21(17-5-11-20(12-6-17)40-25(27)28)15-22(33-24(23)38)18-7-9-19(10-8-18)39-14-4-2-3-13-26(29,30)31;1-2/h5-12,15-16,25H,2-4,13-14H2,1H3,(H,33,38)(H,32,35,37);1-2H3. The van der Waals surface area contributed by atoms with Gasteiger partial charge in [-0.3, -0.25) is 9.59 Å². The van der Waals surface area contributed by atoms with Crippen LogP contribution in [0, 0.1) is 0 Å². The average molecular weight is 598 g/mol. The number of hydrogen-bond donors (Lipinski definition) is 2. The Kier molecular flexibility index (Phi) is 13.4. The molecule has 0 atom stereocenters. The number of hydrogen-bond acceptors (Lipinski definition) is 6. The molecule has 1 aromatic heterocycles. The smallest absolute Gasteiger partial charge is 0.389 e. The molecule has 2 aromatic carbocycles. The zero-order valence-corrected chi connectivity index (χ0v) is 23.3. The van der Waals surface area contributed by atoms with Crippen molar-refractivity contribution >= 4 is 12.1 Å². The quantitative estimate of drug-likeness (QED) is 0.0667. The number of rotatable bonds is 14. The van der Waals surface area contributed by atoms with Crippen molar-refractivity contribution in [3.05, 3.63) is 65.0 Å². The minimum atomic E-state index is -4.16. The molecular formula is C28H32F5N5O4. The van der Waals surface area contributed by atoms with Crippen molar-refractivity contribution in [1.82, 2.24) is 10.4 Å². The number of unbranched alkanes of at least 4 members (excludes halogenated alkanes) is 2. The molecule has 228 valence electrons. The fourth-order valence-electron chi connectivity index (χ4n) is 3.75. The number of H-pyrrole nitrogens is 1. The van der Waals surface area contributed by atoms with Crippen LogP contribution >= 0.6 is 0 Å². The predicted molar refractivity (Wildman–Crippen MR) is 148 cm³/mol. The van der Waals surface area contributed by atoms with Crippen LogP contribution in [0.2, 0.25) is 0 Å². The number of anilines is 1. The average Bonchev–Trinajstić information content (AvgIpc) is 2.95. The number of carbonyl (C=O) groups excluding carboxylic acids is 1. The molecule has 2 N–H and O–H groups in total. The molecule has 0 aliphatic carbocycles. The highest BCUT2D eigenvalue weighted by atomic mass is 19.4. The summed E-state index contributed by atoms with van der Waals surface area (Å²) in [6.07, 6.45) is -3.76. The molecule has 0 unspecified atom stereocenters. The monoisotopic (exact) mass is 597 g/mol. The Labute approximate surface area is 239 Å². The number of nitrogens with one attached hydrogen (secondary N) is 2. The molecule has 0 saturated heterocycles. The Bertz CT molecular complexity index is 1330. The third-order valence-electron chi connectivity index (χ3n) is 5.55. The van der Waals surface area contributed by atoms with Crippen LogP contribution in [-0.4, -0.2) is 37.8 Å². The van der Waals surface area contributed by atoms with Gasteiger partial charge in [0, 0.05) is 24.7 Å². The largest absolute Gasteiger partial charge is 0.494 e. The number of halogens is 5. The highest BCUT2D eigenvalue weighted by Crippen LogP contribution is 2.33. The van der Waals surface area contributed by atoms with E-state index in [4.69, 9.17) is 4.74 Å². The number of amides is 1. The summed E-state index contributed by atoms with van der Waals surface area (Å²) in [5.74, 6) is 0.445. The van der Waals surface area contributed by atoms with Gasteiger partial charge in [-0.1, -0.05) is 26.0 Å². The summed E-state index contributed by atoms with van der Waals surface area (Å²) in [6, 6.07) is 14.1. The zero-order valence-electron chi connectivity index (χ0n) is 23.3. The number of pyridine rings is 1. The van der Waals surface area contributed by atoms with E-state index in [1.807, 2.05) is 19.3 Å². The summed E-state index contributed by atoms with van der Waals surface area (Å²) in [7, 11) is 1.44. The third kappa shape index (κ3) is 10.8. The molecule has 0 aliphatic heterocycles. The van der Waals surface area contributed by atoms with Gasteiger partial charge in [0.2, 0.25) is 6.41 Å². The number of ether oxygens (including phenoxy) is 2. The summed E-state index contributed by atoms with van der Waals surface area (Å²) < 4.78 is 71.8. The summed E-state index contributed by atoms with van der Waals surface area (Å²) in [6.45, 7) is 1.27. The highest BCUT2D eigenvalue weighted by Gasteiger charge is 2.25. The van der Waals surface area contributed by atoms with E-state index < -0.39 is 24.8 Å². The van der Waals surface area contributed by atoms with Crippen LogP contribution in [0.4, 0.5) is 27.6 Å². The molecule has 14 heteroatoms. The normalized spacial score (nSPS) is 11.2. The van der Waals surface area contributed by atoms with Gasteiger partial charge in [-0.2, -0.15) is 22.0 Å². The van der Waals surface area contributed by atoms with Crippen LogP contribution in [-0.2, 0) is 4.79 Å². The molecule has 0 spiro atoms. The maximum absolute atomic E-state index is 13.1. The van der Waals surface area contributed by atoms with Crippen molar-refractivity contribution in [2.24, 2.45) is 10.4 Å². The van der Waals surface area contributed by atoms with Crippen LogP contribution < -0.4 is 25.5 Å². The predicted octanol–water partition coefficient (Wildman–Crippen LogP) is 7.30. The second-order valence-electron chi connectivity index (χ2n) is 8.44. The first-order valence-corrected chi connectivity index (χ1v) is 13.0. The Morgan fingerprint density at radius 2 is 1.60 bits per heavy atom. The third-order valence-corrected chi connectivity index (χ3v) is 5.55. The molecule has 0 radical (unpaired) electrons. The van der Waals surface area contributed by atoms with Gasteiger partial charge in [-0.15, -0.1) is 0 Å². The number of benzene rings is 2. The van der Waals surface area contributed by atoms with Crippen LogP contribution in [0.15, 0.2) is 69.8 Å². The molecule has 0 fully saturated rings. The van der Waals surface area contributed by atoms with Crippen molar-refractivity contribution < 1.29 is 36.2 Å². The first-order valence-electron chi connectivity index (χ1n) is 13.0. The Morgan fingerprint density at radius 1 is 0.976 bits per heavy atom. The van der Waals surface area contributed by atoms with Gasteiger partial charge in [0.15, 0.2) is 0 Å². The van der Waals surface area contributed by atoms with Gasteiger partial charge in [0.25, 0.3) is 5.56 Å². The van der Waals surface area contributed by atoms with E-state index >= 15 is 0 Å². The van der Waals surface area contributed by atoms with E-state index in [0.717, 1.165) is 5.01 Å². The van der Waals surface area contributed by atoms with E-state index in [0.29, 0.717) is 47.4 Å². The number of alkyl halides is 5. The maximum Gasteiger partial charge on any atom is 0.389 e. The van der Waals surface area contributed by atoms with E-state index in [1.165, 1.54) is 31.3 Å². The molecule has 42 heavy (non-hydrogen) atoms. The number of aromatic amines is 1. The van der Waals surface area contributed by atoms with E-state index in [-0.39, 0.29) is 24.5 Å². The molecule has 9 nitrogen and oxygen atoms in total. The lowest BCUT2D eigenvalue weighted by molar-refractivity contribution is -0.135. The lowest BCUT2D eigenvalue weighted by atomic mass is 10.0. The molecule has 3 rings (SSSR count). The van der Waals surface area contributed by atoms with Crippen LogP contribution in [0.5, 0.6) is 11.5 Å². The fraction of sp³-hybridized carbons (Fsp3) is 0.357. The second-order valence-corrected chi connectivity index (χ2v) is 8.44. The maximum atomic E-state index is 13.1. The lowest BCUT2D eigenvalue weighted by Crippen LogP contribution is -2.22. The summed E-state index contributed by atoms with van der Waals surface area (Å²) >= 11 is 0. The van der Waals surface area contributed by atoms with Crippen molar-refractivity contribution in [2.45, 2.75) is 52.3 Å². The molecule has 1 amide bonds. The number of aromatic nitrogens is 1. The first-order chi connectivity index (χ1) is 20.1. The van der Waals surface area contributed by atoms with Crippen LogP contribution in [0.1, 0.15) is 39.5 Å². The second kappa shape index (κ2) is 16.7. The van der Waals surface area contributed by atoms with Crippen LogP contribution in [0.3, 0.4) is 0 Å². The number of carbonyl (C=O) groups is 1. The van der Waals surface area contributed by atoms with Gasteiger partial charge in [0.1, 0.15) is 17.2 Å². The Morgan fingerprint density at radius 3 is 2.19 bits per heavy atom. The molecule has 1 heterocycles. The van der Waals surface area contributed by atoms with Gasteiger partial charge < -0.3 is 14.5 Å². The summed E-state index contributed by atoms with van der Waals surface area (Å²) in [5, 5.41) is 8.35. The van der Waals surface area contributed by atoms with Crippen molar-refractivity contribution in [2.75, 3.05) is 18.7 Å². The molecule has 0 bridgehead atoms. The first kappa shape index (κ1) is 33.7. The van der Waals surface area contributed by atoms with Crippen LogP contribution in [0.25, 0.3) is 22.4 Å². The van der Waals surface area contributed by atoms with Gasteiger partial charge >= 0.3 is 12.8 Å². The minimum Gasteiger partial charge on any atom is -0.494 e. The van der Waals surface area contributed by atoms with E-state index in [9.17, 15) is 31.5 Å². The molecule has 0 aliphatic rings. The Balaban J connectivity index is 0.00000301. The molecular weight excluding hydrogens is 565 g/mol. The van der Waals surface area contributed by atoms with E-state index in [1.54, 1.807) is 30.3 Å². The highest BCUT2D eigenvalue weighted by molar-refractivity contribution is 5.81. The van der Waals surface area contributed by atoms with Gasteiger partial charge in [-0.25, -0.2) is 10.4 Å². The molecule has 3 aromatic rings. The Hall–Kier alpha value is -4.49. The van der Waals surface area contributed by atoms with Crippen molar-refractivity contribution in [3.8, 4) is 33.9 Å². The topological polar surface area (TPSA) is 108 Å². The van der Waals surface area contributed by atoms with E-state index in [2.05, 4.69) is 20.2 Å². The van der Waals surface area contributed by atoms with Gasteiger partial charge in [-0.05, 0) is 83.3 Å². The lowest BCUT2D eigenvalue weighted by Gasteiger charge is -2.17. The van der Waals surface area contributed by atoms with Gasteiger partial charge in [0.05, 0.1) is 6.61 Å². The number of nitrogens with zero attached hydrogens (tertiary/aromatic N) is 3. The minimum absolute atomic E-state index is 0.0453. The summed E-state index contributed by atoms with van der Waals surface area (Å²) in [5.41, 5.74) is 3.43.